The van der Waals surface area contributed by atoms with Crippen molar-refractivity contribution in [3.05, 3.63) is 65.7 Å². The van der Waals surface area contributed by atoms with Gasteiger partial charge in [0.15, 0.2) is 11.6 Å². The summed E-state index contributed by atoms with van der Waals surface area (Å²) >= 11 is 0. The zero-order chi connectivity index (χ0) is 16.1. The van der Waals surface area contributed by atoms with E-state index in [9.17, 15) is 8.78 Å². The highest BCUT2D eigenvalue weighted by Crippen LogP contribution is 2.19. The Morgan fingerprint density at radius 3 is 2.39 bits per heavy atom. The molecule has 1 aliphatic heterocycles. The molecule has 0 saturated carbocycles. The first-order chi connectivity index (χ1) is 11.2. The van der Waals surface area contributed by atoms with Crippen molar-refractivity contribution in [3.8, 4) is 0 Å². The molecule has 0 unspecified atom stereocenters. The minimum atomic E-state index is -0.800. The highest BCUT2D eigenvalue weighted by Gasteiger charge is 2.19. The topological polar surface area (TPSA) is 15.3 Å². The molecule has 0 atom stereocenters. The second kappa shape index (κ2) is 7.55. The third kappa shape index (κ3) is 4.52. The van der Waals surface area contributed by atoms with Gasteiger partial charge in [-0.3, -0.25) is 0 Å². The summed E-state index contributed by atoms with van der Waals surface area (Å²) in [6.07, 6.45) is 3.11. The predicted octanol–water partition coefficient (Wildman–Crippen LogP) is 4.08. The highest BCUT2D eigenvalue weighted by molar-refractivity contribution is 5.44. The van der Waals surface area contributed by atoms with Gasteiger partial charge in [-0.05, 0) is 37.0 Å². The Hall–Kier alpha value is -1.94. The van der Waals surface area contributed by atoms with Crippen LogP contribution in [0.15, 0.2) is 48.5 Å². The van der Waals surface area contributed by atoms with Crippen molar-refractivity contribution in [2.24, 2.45) is 0 Å². The van der Waals surface area contributed by atoms with Gasteiger partial charge < -0.3 is 10.2 Å². The Morgan fingerprint density at radius 1 is 0.957 bits per heavy atom. The van der Waals surface area contributed by atoms with Gasteiger partial charge >= 0.3 is 0 Å². The molecule has 0 amide bonds. The summed E-state index contributed by atoms with van der Waals surface area (Å²) in [6.45, 7) is 3.14. The molecule has 0 radical (unpaired) electrons. The minimum Gasteiger partial charge on any atom is -0.382 e. The van der Waals surface area contributed by atoms with Crippen LogP contribution in [-0.4, -0.2) is 30.6 Å². The van der Waals surface area contributed by atoms with Crippen molar-refractivity contribution < 1.29 is 8.78 Å². The molecular weight excluding hydrogens is 294 g/mol. The second-order valence-corrected chi connectivity index (χ2v) is 6.12. The molecule has 23 heavy (non-hydrogen) atoms. The fourth-order valence-corrected chi connectivity index (χ4v) is 3.05. The maximum Gasteiger partial charge on any atom is 0.160 e. The Balaban J connectivity index is 1.44. The van der Waals surface area contributed by atoms with Crippen molar-refractivity contribution in [2.45, 2.75) is 25.3 Å². The fourth-order valence-electron chi connectivity index (χ4n) is 3.05. The molecule has 122 valence electrons. The quantitative estimate of drug-likeness (QED) is 0.894. The number of hydrogen-bond acceptors (Lipinski definition) is 2. The molecule has 0 aliphatic carbocycles. The standard InChI is InChI=1S/C19H22F2N2/c20-18-7-6-17(14-19(18)21)22-16-9-12-23(13-10-16)11-8-15-4-2-1-3-5-15/h1-7,14,16,22H,8-13H2. The summed E-state index contributed by atoms with van der Waals surface area (Å²) in [6, 6.07) is 14.9. The summed E-state index contributed by atoms with van der Waals surface area (Å²) in [5.74, 6) is -1.60. The number of benzene rings is 2. The monoisotopic (exact) mass is 316 g/mol. The van der Waals surface area contributed by atoms with E-state index in [1.807, 2.05) is 6.07 Å². The summed E-state index contributed by atoms with van der Waals surface area (Å²) in [5.41, 5.74) is 2.03. The van der Waals surface area contributed by atoms with Crippen LogP contribution in [0.5, 0.6) is 0 Å². The van der Waals surface area contributed by atoms with Crippen LogP contribution >= 0.6 is 0 Å². The normalized spacial score (nSPS) is 16.4. The van der Waals surface area contributed by atoms with Gasteiger partial charge in [0.25, 0.3) is 0 Å². The molecule has 2 aromatic rings. The first-order valence-corrected chi connectivity index (χ1v) is 8.18. The molecule has 2 nitrogen and oxygen atoms in total. The summed E-state index contributed by atoms with van der Waals surface area (Å²) in [4.78, 5) is 2.47. The largest absolute Gasteiger partial charge is 0.382 e. The van der Waals surface area contributed by atoms with Gasteiger partial charge in [0.2, 0.25) is 0 Å². The number of anilines is 1. The number of nitrogens with zero attached hydrogens (tertiary/aromatic N) is 1. The van der Waals surface area contributed by atoms with Crippen molar-refractivity contribution in [1.29, 1.82) is 0 Å². The predicted molar refractivity (Wildman–Crippen MR) is 89.6 cm³/mol. The summed E-state index contributed by atoms with van der Waals surface area (Å²) in [5, 5.41) is 3.31. The number of likely N-dealkylation sites (tertiary alicyclic amines) is 1. The molecule has 0 spiro atoms. The molecule has 0 aromatic heterocycles. The average Bonchev–Trinajstić information content (AvgIpc) is 2.58. The van der Waals surface area contributed by atoms with E-state index < -0.39 is 11.6 Å². The zero-order valence-electron chi connectivity index (χ0n) is 13.1. The Morgan fingerprint density at radius 2 is 1.70 bits per heavy atom. The third-order valence-electron chi connectivity index (χ3n) is 4.44. The van der Waals surface area contributed by atoms with E-state index in [1.54, 1.807) is 6.07 Å². The van der Waals surface area contributed by atoms with Gasteiger partial charge in [0.05, 0.1) is 0 Å². The molecule has 0 bridgehead atoms. The maximum absolute atomic E-state index is 13.2. The van der Waals surface area contributed by atoms with E-state index in [-0.39, 0.29) is 0 Å². The molecule has 1 N–H and O–H groups in total. The van der Waals surface area contributed by atoms with Crippen LogP contribution in [0.3, 0.4) is 0 Å². The SMILES string of the molecule is Fc1ccc(NC2CCN(CCc3ccccc3)CC2)cc1F. The van der Waals surface area contributed by atoms with Crippen molar-refractivity contribution in [2.75, 3.05) is 25.0 Å². The van der Waals surface area contributed by atoms with Crippen LogP contribution in [-0.2, 0) is 6.42 Å². The van der Waals surface area contributed by atoms with E-state index in [0.29, 0.717) is 11.7 Å². The van der Waals surface area contributed by atoms with Gasteiger partial charge in [0.1, 0.15) is 0 Å². The molecule has 1 fully saturated rings. The highest BCUT2D eigenvalue weighted by atomic mass is 19.2. The van der Waals surface area contributed by atoms with Gasteiger partial charge in [-0.2, -0.15) is 0 Å². The van der Waals surface area contributed by atoms with Crippen LogP contribution in [0.4, 0.5) is 14.5 Å². The lowest BCUT2D eigenvalue weighted by atomic mass is 10.0. The molecule has 1 aliphatic rings. The van der Waals surface area contributed by atoms with Crippen LogP contribution < -0.4 is 5.32 Å². The first kappa shape index (κ1) is 15.9. The number of nitrogens with one attached hydrogen (secondary N) is 1. The van der Waals surface area contributed by atoms with Gasteiger partial charge in [-0.25, -0.2) is 8.78 Å². The van der Waals surface area contributed by atoms with Crippen molar-refractivity contribution in [1.82, 2.24) is 4.90 Å². The van der Waals surface area contributed by atoms with Crippen LogP contribution in [0.25, 0.3) is 0 Å². The molecule has 1 heterocycles. The number of hydrogen-bond donors (Lipinski definition) is 1. The van der Waals surface area contributed by atoms with E-state index >= 15 is 0 Å². The second-order valence-electron chi connectivity index (χ2n) is 6.12. The summed E-state index contributed by atoms with van der Waals surface area (Å²) < 4.78 is 26.2. The summed E-state index contributed by atoms with van der Waals surface area (Å²) in [7, 11) is 0. The van der Waals surface area contributed by atoms with Gasteiger partial charge in [-0.1, -0.05) is 30.3 Å². The fraction of sp³-hybridized carbons (Fsp3) is 0.368. The Kier molecular flexibility index (Phi) is 5.23. The van der Waals surface area contributed by atoms with Crippen molar-refractivity contribution >= 4 is 5.69 Å². The molecule has 1 saturated heterocycles. The van der Waals surface area contributed by atoms with Crippen molar-refractivity contribution in [3.63, 3.8) is 0 Å². The maximum atomic E-state index is 13.2. The van der Waals surface area contributed by atoms with E-state index in [0.717, 1.165) is 38.9 Å². The van der Waals surface area contributed by atoms with Crippen LogP contribution in [0.1, 0.15) is 18.4 Å². The van der Waals surface area contributed by atoms with Crippen LogP contribution in [0.2, 0.25) is 0 Å². The lowest BCUT2D eigenvalue weighted by Gasteiger charge is -2.32. The number of rotatable bonds is 5. The minimum absolute atomic E-state index is 0.327. The third-order valence-corrected chi connectivity index (χ3v) is 4.44. The first-order valence-electron chi connectivity index (χ1n) is 8.18. The van der Waals surface area contributed by atoms with E-state index in [2.05, 4.69) is 34.5 Å². The molecular formula is C19H22F2N2. The smallest absolute Gasteiger partial charge is 0.160 e. The number of piperidine rings is 1. The van der Waals surface area contributed by atoms with Crippen LogP contribution in [0, 0.1) is 11.6 Å². The lowest BCUT2D eigenvalue weighted by Crippen LogP contribution is -2.40. The van der Waals surface area contributed by atoms with E-state index in [4.69, 9.17) is 0 Å². The van der Waals surface area contributed by atoms with Gasteiger partial charge in [0, 0.05) is 37.4 Å². The Labute approximate surface area is 136 Å². The molecule has 2 aromatic carbocycles. The Bertz CT molecular complexity index is 623. The average molecular weight is 316 g/mol. The molecule has 3 rings (SSSR count). The molecule has 4 heteroatoms. The number of halogens is 2. The lowest BCUT2D eigenvalue weighted by molar-refractivity contribution is 0.221. The zero-order valence-corrected chi connectivity index (χ0v) is 13.1. The van der Waals surface area contributed by atoms with Gasteiger partial charge in [-0.15, -0.1) is 0 Å². The van der Waals surface area contributed by atoms with E-state index in [1.165, 1.54) is 17.7 Å².